The van der Waals surface area contributed by atoms with Crippen LogP contribution in [-0.2, 0) is 20.7 Å². The van der Waals surface area contributed by atoms with Gasteiger partial charge in [-0.25, -0.2) is 14.8 Å². The highest BCUT2D eigenvalue weighted by Gasteiger charge is 2.37. The average molecular weight is 729 g/mol. The largest absolute Gasteiger partial charge is 0.453 e. The van der Waals surface area contributed by atoms with Gasteiger partial charge < -0.3 is 35.1 Å². The number of anilines is 1. The average Bonchev–Trinajstić information content (AvgIpc) is 4.04. The topological polar surface area (TPSA) is 148 Å². The molecule has 3 atom stereocenters. The number of H-pyrrole nitrogens is 2. The number of aromatic nitrogens is 4. The van der Waals surface area contributed by atoms with Crippen LogP contribution in [0.5, 0.6) is 0 Å². The van der Waals surface area contributed by atoms with E-state index in [1.165, 1.54) is 12.7 Å². The number of carbonyl (C=O) groups is 3. The summed E-state index contributed by atoms with van der Waals surface area (Å²) in [4.78, 5) is 58.7. The third kappa shape index (κ3) is 8.02. The second kappa shape index (κ2) is 16.4. The maximum atomic E-state index is 13.5. The number of imidazole rings is 2. The highest BCUT2D eigenvalue weighted by Crippen LogP contribution is 2.34. The van der Waals surface area contributed by atoms with Gasteiger partial charge in [-0.15, -0.1) is 0 Å². The molecule has 0 saturated carbocycles. The Morgan fingerprint density at radius 3 is 2.11 bits per heavy atom. The number of methoxy groups -OCH3 is 1. The van der Waals surface area contributed by atoms with E-state index in [1.54, 1.807) is 0 Å². The van der Waals surface area contributed by atoms with E-state index in [0.29, 0.717) is 13.1 Å². The highest BCUT2D eigenvalue weighted by atomic mass is 16.5. The molecule has 12 nitrogen and oxygen atoms in total. The number of nitrogens with one attached hydrogen (secondary N) is 4. The SMILES string of the molecule is COC(=O)N[C@H](C(=O)N1CCC[C@H]1c1ncc(-c2ccc(-c3ccc(-c4cnc(N5CCC[C@H]5C(=O)NCCc5ccccc5)[nH]4)cc3)cc2)[nH]1)C(C)C. The molecule has 2 aromatic heterocycles. The van der Waals surface area contributed by atoms with Gasteiger partial charge in [-0.2, -0.15) is 0 Å². The molecule has 4 N–H and O–H groups in total. The monoisotopic (exact) mass is 728 g/mol. The van der Waals surface area contributed by atoms with Crippen LogP contribution in [-0.4, -0.2) is 81.6 Å². The van der Waals surface area contributed by atoms with Gasteiger partial charge in [0, 0.05) is 19.6 Å². The second-order valence-corrected chi connectivity index (χ2v) is 14.4. The highest BCUT2D eigenvalue weighted by molar-refractivity contribution is 5.87. The predicted octanol–water partition coefficient (Wildman–Crippen LogP) is 6.51. The van der Waals surface area contributed by atoms with Gasteiger partial charge in [0.15, 0.2) is 0 Å². The molecular formula is C42H48N8O4. The fourth-order valence-corrected chi connectivity index (χ4v) is 7.52. The number of amides is 3. The third-order valence-electron chi connectivity index (χ3n) is 10.5. The minimum Gasteiger partial charge on any atom is -0.453 e. The van der Waals surface area contributed by atoms with Crippen LogP contribution < -0.4 is 15.5 Å². The summed E-state index contributed by atoms with van der Waals surface area (Å²) in [6.07, 6.45) is 7.24. The standard InChI is InChI=1S/C42H48N8O4/c1-27(2)37(48-42(53)54-3)40(52)49-23-7-11-35(49)38-44-25-33(46-38)31-17-13-29(14-18-31)30-15-19-32(20-16-30)34-26-45-41(47-34)50-24-8-12-36(50)39(51)43-22-21-28-9-5-4-6-10-28/h4-6,9-10,13-20,25-27,35-37H,7-8,11-12,21-24H2,1-3H3,(H,43,51)(H,44,46)(H,45,47)(H,48,53)/t35-,36-,37-/m0/s1. The van der Waals surface area contributed by atoms with Crippen LogP contribution in [0.15, 0.2) is 91.3 Å². The van der Waals surface area contributed by atoms with Crippen molar-refractivity contribution in [1.82, 2.24) is 35.5 Å². The summed E-state index contributed by atoms with van der Waals surface area (Å²) < 4.78 is 4.76. The summed E-state index contributed by atoms with van der Waals surface area (Å²) >= 11 is 0. The quantitative estimate of drug-likeness (QED) is 0.115. The smallest absolute Gasteiger partial charge is 0.407 e. The zero-order valence-corrected chi connectivity index (χ0v) is 31.0. The molecule has 2 fully saturated rings. The van der Waals surface area contributed by atoms with E-state index in [-0.39, 0.29) is 29.8 Å². The molecule has 2 saturated heterocycles. The van der Waals surface area contributed by atoms with Crippen LogP contribution in [0.3, 0.4) is 0 Å². The van der Waals surface area contributed by atoms with Crippen molar-refractivity contribution in [3.63, 3.8) is 0 Å². The van der Waals surface area contributed by atoms with Crippen molar-refractivity contribution in [3.8, 4) is 33.6 Å². The molecule has 2 aliphatic heterocycles. The number of rotatable bonds is 12. The first-order valence-electron chi connectivity index (χ1n) is 18.8. The number of likely N-dealkylation sites (tertiary alicyclic amines) is 1. The molecule has 0 spiro atoms. The summed E-state index contributed by atoms with van der Waals surface area (Å²) in [6, 6.07) is 25.8. The molecule has 0 unspecified atom stereocenters. The maximum absolute atomic E-state index is 13.5. The van der Waals surface area contributed by atoms with Gasteiger partial charge >= 0.3 is 6.09 Å². The molecule has 0 bridgehead atoms. The zero-order chi connectivity index (χ0) is 37.6. The summed E-state index contributed by atoms with van der Waals surface area (Å²) in [7, 11) is 1.30. The Labute approximate surface area is 315 Å². The molecule has 0 radical (unpaired) electrons. The minimum atomic E-state index is -0.677. The number of aromatic amines is 2. The molecule has 54 heavy (non-hydrogen) atoms. The minimum absolute atomic E-state index is 0.0447. The van der Waals surface area contributed by atoms with Crippen LogP contribution in [0.25, 0.3) is 33.6 Å². The van der Waals surface area contributed by atoms with Crippen molar-refractivity contribution in [1.29, 1.82) is 0 Å². The van der Waals surface area contributed by atoms with Gasteiger partial charge in [0.1, 0.15) is 17.9 Å². The van der Waals surface area contributed by atoms with Crippen LogP contribution in [0, 0.1) is 5.92 Å². The number of alkyl carbamates (subject to hydrolysis) is 1. The summed E-state index contributed by atoms with van der Waals surface area (Å²) in [5, 5.41) is 5.82. The second-order valence-electron chi connectivity index (χ2n) is 14.4. The van der Waals surface area contributed by atoms with E-state index in [9.17, 15) is 14.4 Å². The molecular weight excluding hydrogens is 681 g/mol. The van der Waals surface area contributed by atoms with Crippen molar-refractivity contribution in [2.45, 2.75) is 64.1 Å². The van der Waals surface area contributed by atoms with Crippen LogP contribution in [0.1, 0.15) is 57.0 Å². The van der Waals surface area contributed by atoms with E-state index in [0.717, 1.165) is 84.1 Å². The first-order valence-corrected chi connectivity index (χ1v) is 18.8. The fourth-order valence-electron chi connectivity index (χ4n) is 7.52. The van der Waals surface area contributed by atoms with Crippen LogP contribution in [0.2, 0.25) is 0 Å². The van der Waals surface area contributed by atoms with E-state index >= 15 is 0 Å². The summed E-state index contributed by atoms with van der Waals surface area (Å²) in [5.74, 6) is 1.27. The number of carbonyl (C=O) groups excluding carboxylic acids is 3. The lowest BCUT2D eigenvalue weighted by Gasteiger charge is -2.30. The number of hydrogen-bond acceptors (Lipinski definition) is 7. The van der Waals surface area contributed by atoms with Gasteiger partial charge in [0.2, 0.25) is 17.8 Å². The fraction of sp³-hybridized carbons (Fsp3) is 0.357. The summed E-state index contributed by atoms with van der Waals surface area (Å²) in [5.41, 5.74) is 7.16. The normalized spacial score (nSPS) is 17.5. The van der Waals surface area contributed by atoms with Gasteiger partial charge in [-0.05, 0) is 65.8 Å². The Morgan fingerprint density at radius 1 is 0.815 bits per heavy atom. The van der Waals surface area contributed by atoms with Crippen molar-refractivity contribution < 1.29 is 19.1 Å². The predicted molar refractivity (Wildman–Crippen MR) is 208 cm³/mol. The Morgan fingerprint density at radius 2 is 1.44 bits per heavy atom. The number of benzene rings is 3. The molecule has 3 amide bonds. The van der Waals surface area contributed by atoms with Gasteiger partial charge in [-0.1, -0.05) is 92.7 Å². The summed E-state index contributed by atoms with van der Waals surface area (Å²) in [6.45, 7) is 5.81. The van der Waals surface area contributed by atoms with Crippen molar-refractivity contribution in [2.24, 2.45) is 5.92 Å². The number of ether oxygens (including phenoxy) is 1. The van der Waals surface area contributed by atoms with Crippen molar-refractivity contribution in [3.05, 3.63) is 103 Å². The first-order chi connectivity index (χ1) is 26.3. The molecule has 0 aliphatic carbocycles. The lowest BCUT2D eigenvalue weighted by Crippen LogP contribution is -2.51. The van der Waals surface area contributed by atoms with E-state index in [1.807, 2.05) is 49.3 Å². The molecule has 4 heterocycles. The van der Waals surface area contributed by atoms with Crippen LogP contribution in [0.4, 0.5) is 10.7 Å². The molecule has 7 rings (SSSR count). The molecule has 2 aliphatic rings. The maximum Gasteiger partial charge on any atom is 0.407 e. The number of nitrogens with zero attached hydrogens (tertiary/aromatic N) is 4. The number of hydrogen-bond donors (Lipinski definition) is 4. The Bertz CT molecular complexity index is 2040. The van der Waals surface area contributed by atoms with E-state index in [4.69, 9.17) is 4.74 Å². The Balaban J connectivity index is 0.967. The lowest BCUT2D eigenvalue weighted by molar-refractivity contribution is -0.135. The van der Waals surface area contributed by atoms with Crippen molar-refractivity contribution in [2.75, 3.05) is 31.6 Å². The molecule has 280 valence electrons. The lowest BCUT2D eigenvalue weighted by atomic mass is 10.0. The molecule has 5 aromatic rings. The van der Waals surface area contributed by atoms with Gasteiger partial charge in [-0.3, -0.25) is 9.59 Å². The van der Waals surface area contributed by atoms with E-state index in [2.05, 4.69) is 96.1 Å². The third-order valence-corrected chi connectivity index (χ3v) is 10.5. The van der Waals surface area contributed by atoms with Gasteiger partial charge in [0.25, 0.3) is 0 Å². The van der Waals surface area contributed by atoms with E-state index < -0.39 is 12.1 Å². The Kier molecular flexibility index (Phi) is 11.1. The van der Waals surface area contributed by atoms with Crippen molar-refractivity contribution >= 4 is 23.9 Å². The van der Waals surface area contributed by atoms with Gasteiger partial charge in [0.05, 0.1) is 36.9 Å². The Hall–Kier alpha value is -5.91. The van der Waals surface area contributed by atoms with Crippen LogP contribution >= 0.6 is 0 Å². The first kappa shape index (κ1) is 36.4. The molecule has 3 aromatic carbocycles. The molecule has 12 heteroatoms. The zero-order valence-electron chi connectivity index (χ0n) is 31.0.